The standard InChI is InChI=1S/C14H20N4O2S/c1-15-8-9-18(2)13(19)7-3-6-12-16-14(17-20-12)11-5-4-10-21-11/h4-5,10,15H,3,6-9H2,1-2H3. The van der Waals surface area contributed by atoms with Gasteiger partial charge in [-0.25, -0.2) is 0 Å². The van der Waals surface area contributed by atoms with Gasteiger partial charge in [-0.05, 0) is 24.9 Å². The molecular weight excluding hydrogens is 288 g/mol. The number of aromatic nitrogens is 2. The van der Waals surface area contributed by atoms with Crippen molar-refractivity contribution in [2.75, 3.05) is 27.2 Å². The van der Waals surface area contributed by atoms with Crippen LogP contribution in [0.1, 0.15) is 18.7 Å². The quantitative estimate of drug-likeness (QED) is 0.805. The Bertz CT molecular complexity index is 553. The Kier molecular flexibility index (Phi) is 5.89. The second kappa shape index (κ2) is 7.90. The number of hydrogen-bond donors (Lipinski definition) is 1. The molecule has 1 N–H and O–H groups in total. The summed E-state index contributed by atoms with van der Waals surface area (Å²) in [6.45, 7) is 1.52. The van der Waals surface area contributed by atoms with Crippen LogP contribution >= 0.6 is 11.3 Å². The van der Waals surface area contributed by atoms with E-state index in [0.29, 0.717) is 24.6 Å². The third-order valence-corrected chi connectivity index (χ3v) is 3.98. The second-order valence-corrected chi connectivity index (χ2v) is 5.71. The zero-order valence-corrected chi connectivity index (χ0v) is 13.2. The lowest BCUT2D eigenvalue weighted by molar-refractivity contribution is -0.129. The fraction of sp³-hybridized carbons (Fsp3) is 0.500. The number of hydrogen-bond acceptors (Lipinski definition) is 6. The number of nitrogens with one attached hydrogen (secondary N) is 1. The lowest BCUT2D eigenvalue weighted by Gasteiger charge is -2.16. The van der Waals surface area contributed by atoms with E-state index in [1.807, 2.05) is 31.6 Å². The highest BCUT2D eigenvalue weighted by Gasteiger charge is 2.11. The van der Waals surface area contributed by atoms with Crippen molar-refractivity contribution >= 4 is 17.2 Å². The Hall–Kier alpha value is -1.73. The Balaban J connectivity index is 1.75. The second-order valence-electron chi connectivity index (χ2n) is 4.76. The van der Waals surface area contributed by atoms with Crippen molar-refractivity contribution < 1.29 is 9.32 Å². The molecule has 0 aliphatic heterocycles. The summed E-state index contributed by atoms with van der Waals surface area (Å²) in [5.41, 5.74) is 0. The number of amides is 1. The SMILES string of the molecule is CNCCN(C)C(=O)CCCc1nc(-c2cccs2)no1. The molecule has 0 unspecified atom stereocenters. The molecule has 2 heterocycles. The van der Waals surface area contributed by atoms with E-state index in [0.717, 1.165) is 24.4 Å². The number of aryl methyl sites for hydroxylation is 1. The number of nitrogens with zero attached hydrogens (tertiary/aromatic N) is 3. The van der Waals surface area contributed by atoms with Gasteiger partial charge in [0.25, 0.3) is 0 Å². The smallest absolute Gasteiger partial charge is 0.226 e. The molecule has 2 aromatic heterocycles. The molecule has 0 saturated heterocycles. The van der Waals surface area contributed by atoms with Crippen LogP contribution in [0.3, 0.4) is 0 Å². The van der Waals surface area contributed by atoms with Crippen molar-refractivity contribution in [3.05, 3.63) is 23.4 Å². The van der Waals surface area contributed by atoms with E-state index < -0.39 is 0 Å². The number of rotatable bonds is 8. The van der Waals surface area contributed by atoms with Crippen molar-refractivity contribution in [2.45, 2.75) is 19.3 Å². The first-order valence-electron chi connectivity index (χ1n) is 6.95. The molecule has 0 bridgehead atoms. The summed E-state index contributed by atoms with van der Waals surface area (Å²) in [5.74, 6) is 1.35. The van der Waals surface area contributed by atoms with Crippen LogP contribution in [0.15, 0.2) is 22.0 Å². The molecule has 0 fully saturated rings. The van der Waals surface area contributed by atoms with E-state index in [4.69, 9.17) is 4.52 Å². The van der Waals surface area contributed by atoms with Crippen LogP contribution in [0.4, 0.5) is 0 Å². The fourth-order valence-corrected chi connectivity index (χ4v) is 2.50. The highest BCUT2D eigenvalue weighted by atomic mass is 32.1. The monoisotopic (exact) mass is 308 g/mol. The average molecular weight is 308 g/mol. The molecule has 6 nitrogen and oxygen atoms in total. The van der Waals surface area contributed by atoms with Gasteiger partial charge in [-0.1, -0.05) is 11.2 Å². The zero-order chi connectivity index (χ0) is 15.1. The van der Waals surface area contributed by atoms with Crippen LogP contribution in [0.25, 0.3) is 10.7 Å². The predicted molar refractivity (Wildman–Crippen MR) is 82.1 cm³/mol. The van der Waals surface area contributed by atoms with Crippen molar-refractivity contribution in [1.82, 2.24) is 20.4 Å². The van der Waals surface area contributed by atoms with Crippen LogP contribution in [0.5, 0.6) is 0 Å². The lowest BCUT2D eigenvalue weighted by atomic mass is 10.2. The molecule has 0 saturated carbocycles. The van der Waals surface area contributed by atoms with Gasteiger partial charge >= 0.3 is 0 Å². The summed E-state index contributed by atoms with van der Waals surface area (Å²) in [7, 11) is 3.69. The van der Waals surface area contributed by atoms with Gasteiger partial charge in [0, 0.05) is 33.0 Å². The summed E-state index contributed by atoms with van der Waals surface area (Å²) < 4.78 is 5.21. The molecule has 7 heteroatoms. The van der Waals surface area contributed by atoms with E-state index in [-0.39, 0.29) is 5.91 Å². The zero-order valence-electron chi connectivity index (χ0n) is 12.3. The largest absolute Gasteiger partial charge is 0.344 e. The highest BCUT2D eigenvalue weighted by molar-refractivity contribution is 7.13. The molecule has 114 valence electrons. The Morgan fingerprint density at radius 1 is 1.52 bits per heavy atom. The first-order chi connectivity index (χ1) is 10.2. The summed E-state index contributed by atoms with van der Waals surface area (Å²) in [4.78, 5) is 18.9. The van der Waals surface area contributed by atoms with Gasteiger partial charge in [0.1, 0.15) is 0 Å². The van der Waals surface area contributed by atoms with E-state index in [2.05, 4.69) is 15.5 Å². The van der Waals surface area contributed by atoms with Crippen molar-refractivity contribution in [2.24, 2.45) is 0 Å². The summed E-state index contributed by atoms with van der Waals surface area (Å²) >= 11 is 1.58. The van der Waals surface area contributed by atoms with E-state index in [1.165, 1.54) is 0 Å². The number of thiophene rings is 1. The fourth-order valence-electron chi connectivity index (χ4n) is 1.85. The predicted octanol–water partition coefficient (Wildman–Crippen LogP) is 1.80. The summed E-state index contributed by atoms with van der Waals surface area (Å²) in [6.07, 6.45) is 1.84. The van der Waals surface area contributed by atoms with Crippen LogP contribution < -0.4 is 5.32 Å². The molecule has 0 radical (unpaired) electrons. The Morgan fingerprint density at radius 3 is 3.10 bits per heavy atom. The van der Waals surface area contributed by atoms with Gasteiger partial charge in [0.05, 0.1) is 4.88 Å². The van der Waals surface area contributed by atoms with Crippen molar-refractivity contribution in [3.8, 4) is 10.7 Å². The number of carbonyl (C=O) groups is 1. The average Bonchev–Trinajstić information content (AvgIpc) is 3.15. The van der Waals surface area contributed by atoms with Crippen molar-refractivity contribution in [1.29, 1.82) is 0 Å². The van der Waals surface area contributed by atoms with E-state index in [1.54, 1.807) is 16.2 Å². The third kappa shape index (κ3) is 4.64. The minimum Gasteiger partial charge on any atom is -0.344 e. The van der Waals surface area contributed by atoms with Gasteiger partial charge in [-0.3, -0.25) is 4.79 Å². The van der Waals surface area contributed by atoms with Gasteiger partial charge in [0.15, 0.2) is 0 Å². The maximum atomic E-state index is 11.9. The molecule has 1 amide bonds. The Morgan fingerprint density at radius 2 is 2.38 bits per heavy atom. The maximum absolute atomic E-state index is 11.9. The normalized spacial score (nSPS) is 10.8. The molecule has 0 atom stereocenters. The van der Waals surface area contributed by atoms with Gasteiger partial charge < -0.3 is 14.7 Å². The van der Waals surface area contributed by atoms with Crippen LogP contribution in [-0.4, -0.2) is 48.1 Å². The molecule has 21 heavy (non-hydrogen) atoms. The third-order valence-electron chi connectivity index (χ3n) is 3.11. The molecular formula is C14H20N4O2S. The summed E-state index contributed by atoms with van der Waals surface area (Å²) in [5, 5.41) is 8.96. The van der Waals surface area contributed by atoms with E-state index >= 15 is 0 Å². The van der Waals surface area contributed by atoms with Crippen LogP contribution in [-0.2, 0) is 11.2 Å². The first kappa shape index (κ1) is 15.7. The molecule has 0 aromatic carbocycles. The molecule has 0 spiro atoms. The number of likely N-dealkylation sites (N-methyl/N-ethyl adjacent to an activating group) is 2. The van der Waals surface area contributed by atoms with Crippen LogP contribution in [0, 0.1) is 0 Å². The van der Waals surface area contributed by atoms with Crippen LogP contribution in [0.2, 0.25) is 0 Å². The van der Waals surface area contributed by atoms with E-state index in [9.17, 15) is 4.79 Å². The topological polar surface area (TPSA) is 71.3 Å². The first-order valence-corrected chi connectivity index (χ1v) is 7.83. The molecule has 0 aliphatic rings. The minimum atomic E-state index is 0.142. The van der Waals surface area contributed by atoms with Gasteiger partial charge in [0.2, 0.25) is 17.6 Å². The van der Waals surface area contributed by atoms with Crippen molar-refractivity contribution in [3.63, 3.8) is 0 Å². The van der Waals surface area contributed by atoms with Gasteiger partial charge in [-0.15, -0.1) is 11.3 Å². The minimum absolute atomic E-state index is 0.142. The maximum Gasteiger partial charge on any atom is 0.226 e. The molecule has 0 aliphatic carbocycles. The molecule has 2 aromatic rings. The lowest BCUT2D eigenvalue weighted by Crippen LogP contribution is -2.32. The molecule has 2 rings (SSSR count). The number of carbonyl (C=O) groups excluding carboxylic acids is 1. The van der Waals surface area contributed by atoms with Gasteiger partial charge in [-0.2, -0.15) is 4.98 Å². The highest BCUT2D eigenvalue weighted by Crippen LogP contribution is 2.21. The summed E-state index contributed by atoms with van der Waals surface area (Å²) in [6, 6.07) is 3.91. The Labute approximate surface area is 128 Å².